The molecule has 0 bridgehead atoms. The van der Waals surface area contributed by atoms with Crippen LogP contribution in [0.2, 0.25) is 0 Å². The highest BCUT2D eigenvalue weighted by Crippen LogP contribution is 2.27. The Morgan fingerprint density at radius 2 is 1.94 bits per heavy atom. The molecule has 0 radical (unpaired) electrons. The van der Waals surface area contributed by atoms with Crippen LogP contribution in [0.4, 0.5) is 0 Å². The van der Waals surface area contributed by atoms with Gasteiger partial charge in [0, 0.05) is 13.1 Å². The summed E-state index contributed by atoms with van der Waals surface area (Å²) in [7, 11) is -3.31. The Morgan fingerprint density at radius 3 is 2.35 bits per heavy atom. The smallest absolute Gasteiger partial charge is 0.307 e. The first-order chi connectivity index (χ1) is 7.89. The van der Waals surface area contributed by atoms with Crippen molar-refractivity contribution in [1.29, 1.82) is 0 Å². The number of carboxylic acids is 1. The van der Waals surface area contributed by atoms with Gasteiger partial charge in [-0.1, -0.05) is 26.7 Å². The fourth-order valence-electron chi connectivity index (χ4n) is 2.19. The predicted molar refractivity (Wildman–Crippen MR) is 65.2 cm³/mol. The van der Waals surface area contributed by atoms with Crippen LogP contribution in [0.1, 0.15) is 39.5 Å². The van der Waals surface area contributed by atoms with E-state index in [0.717, 1.165) is 12.8 Å². The van der Waals surface area contributed by atoms with E-state index in [4.69, 9.17) is 5.11 Å². The van der Waals surface area contributed by atoms with E-state index in [1.807, 2.05) is 0 Å². The first-order valence-electron chi connectivity index (χ1n) is 6.11. The van der Waals surface area contributed by atoms with E-state index in [-0.39, 0.29) is 11.8 Å². The van der Waals surface area contributed by atoms with E-state index in [0.29, 0.717) is 19.4 Å². The Balaban J connectivity index is 2.75. The largest absolute Gasteiger partial charge is 0.481 e. The topological polar surface area (TPSA) is 74.7 Å². The molecule has 0 aromatic heterocycles. The third-order valence-corrected chi connectivity index (χ3v) is 5.78. The van der Waals surface area contributed by atoms with E-state index in [1.54, 1.807) is 6.92 Å². The molecule has 0 aromatic rings. The molecule has 1 saturated carbocycles. The van der Waals surface area contributed by atoms with Gasteiger partial charge in [-0.3, -0.25) is 4.79 Å². The van der Waals surface area contributed by atoms with Crippen molar-refractivity contribution in [1.82, 2.24) is 4.31 Å². The zero-order valence-corrected chi connectivity index (χ0v) is 11.2. The Hall–Kier alpha value is -0.620. The molecule has 0 aliphatic heterocycles. The van der Waals surface area contributed by atoms with Crippen LogP contribution in [0.15, 0.2) is 0 Å². The number of sulfonamides is 1. The molecule has 1 atom stereocenters. The second kappa shape index (κ2) is 5.82. The highest BCUT2D eigenvalue weighted by molar-refractivity contribution is 7.89. The van der Waals surface area contributed by atoms with Crippen molar-refractivity contribution >= 4 is 16.0 Å². The molecule has 1 aliphatic carbocycles. The third kappa shape index (κ3) is 3.42. The second-order valence-corrected chi connectivity index (χ2v) is 6.85. The minimum atomic E-state index is -3.31. The molecule has 5 nitrogen and oxygen atoms in total. The monoisotopic (exact) mass is 263 g/mol. The quantitative estimate of drug-likeness (QED) is 0.784. The number of carbonyl (C=O) groups is 1. The molecule has 1 aliphatic rings. The summed E-state index contributed by atoms with van der Waals surface area (Å²) in [6.45, 7) is 3.71. The maximum absolute atomic E-state index is 12.3. The third-order valence-electron chi connectivity index (χ3n) is 3.34. The van der Waals surface area contributed by atoms with E-state index < -0.39 is 21.9 Å². The molecule has 1 N–H and O–H groups in total. The first kappa shape index (κ1) is 14.4. The first-order valence-corrected chi connectivity index (χ1v) is 7.61. The van der Waals surface area contributed by atoms with Crippen molar-refractivity contribution in [3.63, 3.8) is 0 Å². The van der Waals surface area contributed by atoms with Crippen molar-refractivity contribution in [2.24, 2.45) is 5.92 Å². The van der Waals surface area contributed by atoms with Gasteiger partial charge in [0.2, 0.25) is 10.0 Å². The summed E-state index contributed by atoms with van der Waals surface area (Å²) in [5.41, 5.74) is 0. The number of carboxylic acid groups (broad SMARTS) is 1. The maximum Gasteiger partial charge on any atom is 0.307 e. The molecule has 1 rings (SSSR count). The Bertz CT molecular complexity index is 360. The van der Waals surface area contributed by atoms with Gasteiger partial charge in [0.1, 0.15) is 0 Å². The van der Waals surface area contributed by atoms with E-state index >= 15 is 0 Å². The standard InChI is InChI=1S/C11H21NO4S/c1-3-12(8-9(2)11(13)14)17(15,16)10-6-4-5-7-10/h9-10H,3-8H2,1-2H3,(H,13,14). The van der Waals surface area contributed by atoms with Crippen molar-refractivity contribution in [3.8, 4) is 0 Å². The molecular weight excluding hydrogens is 242 g/mol. The van der Waals surface area contributed by atoms with Crippen LogP contribution in [0, 0.1) is 5.92 Å². The summed E-state index contributed by atoms with van der Waals surface area (Å²) in [5, 5.41) is 8.53. The summed E-state index contributed by atoms with van der Waals surface area (Å²) < 4.78 is 25.8. The lowest BCUT2D eigenvalue weighted by Crippen LogP contribution is -2.41. The van der Waals surface area contributed by atoms with E-state index in [2.05, 4.69) is 0 Å². The zero-order valence-electron chi connectivity index (χ0n) is 10.4. The van der Waals surface area contributed by atoms with Gasteiger partial charge in [-0.2, -0.15) is 0 Å². The van der Waals surface area contributed by atoms with E-state index in [1.165, 1.54) is 11.2 Å². The lowest BCUT2D eigenvalue weighted by Gasteiger charge is -2.25. The van der Waals surface area contributed by atoms with E-state index in [9.17, 15) is 13.2 Å². The number of rotatable bonds is 6. The lowest BCUT2D eigenvalue weighted by molar-refractivity contribution is -0.141. The van der Waals surface area contributed by atoms with Crippen LogP contribution in [-0.4, -0.2) is 42.1 Å². The van der Waals surface area contributed by atoms with Crippen LogP contribution in [0.25, 0.3) is 0 Å². The van der Waals surface area contributed by atoms with Gasteiger partial charge in [-0.15, -0.1) is 0 Å². The molecule has 0 amide bonds. The van der Waals surface area contributed by atoms with Gasteiger partial charge in [0.15, 0.2) is 0 Å². The average molecular weight is 263 g/mol. The highest BCUT2D eigenvalue weighted by atomic mass is 32.2. The fraction of sp³-hybridized carbons (Fsp3) is 0.909. The maximum atomic E-state index is 12.3. The summed E-state index contributed by atoms with van der Waals surface area (Å²) in [4.78, 5) is 10.8. The molecule has 17 heavy (non-hydrogen) atoms. The average Bonchev–Trinajstić information content (AvgIpc) is 2.78. The van der Waals surface area contributed by atoms with Crippen LogP contribution >= 0.6 is 0 Å². The van der Waals surface area contributed by atoms with Crippen molar-refractivity contribution in [3.05, 3.63) is 0 Å². The lowest BCUT2D eigenvalue weighted by atomic mass is 10.2. The Kier molecular flexibility index (Phi) is 4.94. The van der Waals surface area contributed by atoms with Crippen molar-refractivity contribution in [2.45, 2.75) is 44.8 Å². The molecule has 0 aromatic carbocycles. The summed E-state index contributed by atoms with van der Waals surface area (Å²) in [6.07, 6.45) is 3.33. The number of nitrogens with zero attached hydrogens (tertiary/aromatic N) is 1. The summed E-state index contributed by atoms with van der Waals surface area (Å²) >= 11 is 0. The predicted octanol–water partition coefficient (Wildman–Crippen LogP) is 1.30. The SMILES string of the molecule is CCN(CC(C)C(=O)O)S(=O)(=O)C1CCCC1. The number of hydrogen-bond donors (Lipinski definition) is 1. The normalized spacial score (nSPS) is 19.7. The minimum absolute atomic E-state index is 0.0741. The van der Waals surface area contributed by atoms with Gasteiger partial charge >= 0.3 is 5.97 Å². The molecule has 100 valence electrons. The van der Waals surface area contributed by atoms with Crippen molar-refractivity contribution < 1.29 is 18.3 Å². The zero-order chi connectivity index (χ0) is 13.1. The summed E-state index contributed by atoms with van der Waals surface area (Å²) in [5.74, 6) is -1.61. The number of hydrogen-bond acceptors (Lipinski definition) is 3. The number of aliphatic carboxylic acids is 1. The van der Waals surface area contributed by atoms with Gasteiger partial charge in [0.05, 0.1) is 11.2 Å². The molecule has 1 unspecified atom stereocenters. The van der Waals surface area contributed by atoms with Crippen LogP contribution in [0.3, 0.4) is 0 Å². The molecule has 6 heteroatoms. The summed E-state index contributed by atoms with van der Waals surface area (Å²) in [6, 6.07) is 0. The van der Waals surface area contributed by atoms with Crippen LogP contribution in [-0.2, 0) is 14.8 Å². The molecular formula is C11H21NO4S. The van der Waals surface area contributed by atoms with Gasteiger partial charge in [0.25, 0.3) is 0 Å². The van der Waals surface area contributed by atoms with Crippen molar-refractivity contribution in [2.75, 3.05) is 13.1 Å². The molecule has 0 saturated heterocycles. The van der Waals surface area contributed by atoms with Gasteiger partial charge in [-0.05, 0) is 12.8 Å². The van der Waals surface area contributed by atoms with Gasteiger partial charge < -0.3 is 5.11 Å². The Morgan fingerprint density at radius 1 is 1.41 bits per heavy atom. The van der Waals surface area contributed by atoms with Crippen LogP contribution < -0.4 is 0 Å². The molecule has 0 spiro atoms. The Labute approximate surface area is 103 Å². The highest BCUT2D eigenvalue weighted by Gasteiger charge is 2.34. The second-order valence-electron chi connectivity index (χ2n) is 4.64. The molecule has 1 fully saturated rings. The molecule has 0 heterocycles. The van der Waals surface area contributed by atoms with Gasteiger partial charge in [-0.25, -0.2) is 12.7 Å². The van der Waals surface area contributed by atoms with Crippen LogP contribution in [0.5, 0.6) is 0 Å². The fourth-order valence-corrected chi connectivity index (χ4v) is 4.34. The minimum Gasteiger partial charge on any atom is -0.481 e.